The smallest absolute Gasteiger partial charge is 0.191 e. The van der Waals surface area contributed by atoms with Crippen molar-refractivity contribution in [3.63, 3.8) is 0 Å². The summed E-state index contributed by atoms with van der Waals surface area (Å²) in [6.07, 6.45) is 4.39. The van der Waals surface area contributed by atoms with Gasteiger partial charge in [0, 0.05) is 24.8 Å². The highest BCUT2D eigenvalue weighted by atomic mass is 19.1. The van der Waals surface area contributed by atoms with Gasteiger partial charge in [0.2, 0.25) is 0 Å². The van der Waals surface area contributed by atoms with Crippen LogP contribution in [-0.4, -0.2) is 28.8 Å². The molecule has 27 heavy (non-hydrogen) atoms. The zero-order chi connectivity index (χ0) is 18.9. The molecule has 0 amide bonds. The number of nitrogens with zero attached hydrogens (tertiary/aromatic N) is 3. The van der Waals surface area contributed by atoms with Gasteiger partial charge in [-0.05, 0) is 37.1 Å². The average Bonchev–Trinajstić information content (AvgIpc) is 3.17. The topological polar surface area (TPSA) is 54.2 Å². The van der Waals surface area contributed by atoms with Crippen molar-refractivity contribution in [2.24, 2.45) is 4.99 Å². The number of rotatable bonds is 7. The molecule has 0 aliphatic rings. The van der Waals surface area contributed by atoms with Crippen LogP contribution < -0.4 is 10.6 Å². The Morgan fingerprint density at radius 1 is 1.07 bits per heavy atom. The summed E-state index contributed by atoms with van der Waals surface area (Å²) >= 11 is 0. The molecule has 5 nitrogen and oxygen atoms in total. The summed E-state index contributed by atoms with van der Waals surface area (Å²) in [5.74, 6) is 0.538. The minimum atomic E-state index is -0.172. The molecule has 0 aliphatic carbocycles. The molecule has 0 fully saturated rings. The Bertz CT molecular complexity index is 873. The van der Waals surface area contributed by atoms with Crippen molar-refractivity contribution in [3.05, 3.63) is 83.9 Å². The van der Waals surface area contributed by atoms with E-state index in [1.54, 1.807) is 12.1 Å². The van der Waals surface area contributed by atoms with E-state index in [9.17, 15) is 4.39 Å². The zero-order valence-corrected chi connectivity index (χ0v) is 15.4. The van der Waals surface area contributed by atoms with Crippen LogP contribution in [0.15, 0.2) is 72.0 Å². The predicted octanol–water partition coefficient (Wildman–Crippen LogP) is 3.31. The Labute approximate surface area is 159 Å². The van der Waals surface area contributed by atoms with Gasteiger partial charge in [0.15, 0.2) is 5.96 Å². The van der Waals surface area contributed by atoms with E-state index in [-0.39, 0.29) is 5.82 Å². The number of hydrogen-bond acceptors (Lipinski definition) is 2. The van der Waals surface area contributed by atoms with Gasteiger partial charge in [-0.25, -0.2) is 14.1 Å². The predicted molar refractivity (Wildman–Crippen MR) is 106 cm³/mol. The highest BCUT2D eigenvalue weighted by molar-refractivity contribution is 5.79. The van der Waals surface area contributed by atoms with Crippen molar-refractivity contribution < 1.29 is 4.39 Å². The Morgan fingerprint density at radius 2 is 1.85 bits per heavy atom. The Kier molecular flexibility index (Phi) is 6.57. The molecule has 0 radical (unpaired) electrons. The van der Waals surface area contributed by atoms with Crippen LogP contribution in [0.3, 0.4) is 0 Å². The van der Waals surface area contributed by atoms with Gasteiger partial charge in [0.25, 0.3) is 0 Å². The molecular weight excluding hydrogens is 341 g/mol. The molecule has 2 aromatic carbocycles. The largest absolute Gasteiger partial charge is 0.357 e. The first kappa shape index (κ1) is 18.6. The van der Waals surface area contributed by atoms with Crippen LogP contribution in [0.25, 0.3) is 5.69 Å². The van der Waals surface area contributed by atoms with E-state index in [1.807, 2.05) is 60.4 Å². The maximum absolute atomic E-state index is 13.7. The van der Waals surface area contributed by atoms with E-state index in [4.69, 9.17) is 0 Å². The second-order valence-electron chi connectivity index (χ2n) is 6.09. The van der Waals surface area contributed by atoms with Crippen LogP contribution in [0.1, 0.15) is 18.1 Å². The maximum Gasteiger partial charge on any atom is 0.191 e. The zero-order valence-electron chi connectivity index (χ0n) is 15.4. The SMILES string of the molecule is CCNC(=NCc1cnn(-c2ccccc2)c1)NCCc1ccccc1F. The highest BCUT2D eigenvalue weighted by Crippen LogP contribution is 2.08. The first-order chi connectivity index (χ1) is 13.3. The van der Waals surface area contributed by atoms with E-state index < -0.39 is 0 Å². The molecular formula is C21H24FN5. The average molecular weight is 365 g/mol. The molecule has 0 spiro atoms. The minimum absolute atomic E-state index is 0.172. The van der Waals surface area contributed by atoms with Crippen LogP contribution in [0.4, 0.5) is 4.39 Å². The van der Waals surface area contributed by atoms with Gasteiger partial charge in [-0.3, -0.25) is 0 Å². The van der Waals surface area contributed by atoms with Crippen molar-refractivity contribution >= 4 is 5.96 Å². The van der Waals surface area contributed by atoms with Crippen molar-refractivity contribution in [3.8, 4) is 5.69 Å². The van der Waals surface area contributed by atoms with E-state index in [0.717, 1.165) is 17.8 Å². The summed E-state index contributed by atoms with van der Waals surface area (Å²) in [6, 6.07) is 16.8. The lowest BCUT2D eigenvalue weighted by Crippen LogP contribution is -2.38. The van der Waals surface area contributed by atoms with Crippen LogP contribution in [0, 0.1) is 5.82 Å². The fraction of sp³-hybridized carbons (Fsp3) is 0.238. The maximum atomic E-state index is 13.7. The quantitative estimate of drug-likeness (QED) is 0.499. The van der Waals surface area contributed by atoms with Crippen LogP contribution in [-0.2, 0) is 13.0 Å². The third-order valence-corrected chi connectivity index (χ3v) is 4.07. The molecule has 0 saturated heterocycles. The monoisotopic (exact) mass is 365 g/mol. The third kappa shape index (κ3) is 5.41. The number of aliphatic imine (C=N–C) groups is 1. The number of hydrogen-bond donors (Lipinski definition) is 2. The fourth-order valence-corrected chi connectivity index (χ4v) is 2.69. The molecule has 3 aromatic rings. The molecule has 0 unspecified atom stereocenters. The van der Waals surface area contributed by atoms with Gasteiger partial charge in [-0.2, -0.15) is 5.10 Å². The lowest BCUT2D eigenvalue weighted by atomic mass is 10.1. The third-order valence-electron chi connectivity index (χ3n) is 4.07. The molecule has 1 heterocycles. The molecule has 0 atom stereocenters. The Hall–Kier alpha value is -3.15. The van der Waals surface area contributed by atoms with Crippen LogP contribution in [0.2, 0.25) is 0 Å². The standard InChI is InChI=1S/C21H24FN5/c1-2-23-21(24-13-12-18-8-6-7-11-20(18)22)25-14-17-15-26-27(16-17)19-9-4-3-5-10-19/h3-11,15-16H,2,12-14H2,1H3,(H2,23,24,25). The van der Waals surface area contributed by atoms with E-state index in [1.165, 1.54) is 6.07 Å². The van der Waals surface area contributed by atoms with Crippen molar-refractivity contribution in [1.82, 2.24) is 20.4 Å². The molecule has 0 bridgehead atoms. The molecule has 2 N–H and O–H groups in total. The summed E-state index contributed by atoms with van der Waals surface area (Å²) in [7, 11) is 0. The fourth-order valence-electron chi connectivity index (χ4n) is 2.69. The van der Waals surface area contributed by atoms with Gasteiger partial charge >= 0.3 is 0 Å². The van der Waals surface area contributed by atoms with Crippen LogP contribution >= 0.6 is 0 Å². The molecule has 1 aromatic heterocycles. The molecule has 140 valence electrons. The van der Waals surface area contributed by atoms with Crippen molar-refractivity contribution in [1.29, 1.82) is 0 Å². The van der Waals surface area contributed by atoms with Crippen molar-refractivity contribution in [2.45, 2.75) is 19.9 Å². The lowest BCUT2D eigenvalue weighted by Gasteiger charge is -2.11. The summed E-state index contributed by atoms with van der Waals surface area (Å²) in [4.78, 5) is 4.59. The number of halogens is 1. The minimum Gasteiger partial charge on any atom is -0.357 e. The summed E-state index contributed by atoms with van der Waals surface area (Å²) in [6.45, 7) is 3.90. The number of benzene rings is 2. The van der Waals surface area contributed by atoms with E-state index in [2.05, 4.69) is 20.7 Å². The summed E-state index contributed by atoms with van der Waals surface area (Å²) in [5, 5.41) is 10.8. The normalized spacial score (nSPS) is 11.4. The second-order valence-corrected chi connectivity index (χ2v) is 6.09. The number of nitrogens with one attached hydrogen (secondary N) is 2. The molecule has 0 aliphatic heterocycles. The molecule has 6 heteroatoms. The summed E-state index contributed by atoms with van der Waals surface area (Å²) in [5.41, 5.74) is 2.73. The van der Waals surface area contributed by atoms with E-state index >= 15 is 0 Å². The van der Waals surface area contributed by atoms with Gasteiger partial charge < -0.3 is 10.6 Å². The first-order valence-corrected chi connectivity index (χ1v) is 9.11. The number of aromatic nitrogens is 2. The molecule has 3 rings (SSSR count). The highest BCUT2D eigenvalue weighted by Gasteiger charge is 2.03. The number of para-hydroxylation sites is 1. The first-order valence-electron chi connectivity index (χ1n) is 9.11. The van der Waals surface area contributed by atoms with Crippen molar-refractivity contribution in [2.75, 3.05) is 13.1 Å². The second kappa shape index (κ2) is 9.52. The number of guanidine groups is 1. The Balaban J connectivity index is 1.57. The van der Waals surface area contributed by atoms with E-state index in [0.29, 0.717) is 31.0 Å². The van der Waals surface area contributed by atoms with Gasteiger partial charge in [0.05, 0.1) is 18.4 Å². The van der Waals surface area contributed by atoms with Crippen LogP contribution in [0.5, 0.6) is 0 Å². The lowest BCUT2D eigenvalue weighted by molar-refractivity contribution is 0.606. The van der Waals surface area contributed by atoms with Gasteiger partial charge in [0.1, 0.15) is 5.82 Å². The Morgan fingerprint density at radius 3 is 2.63 bits per heavy atom. The summed E-state index contributed by atoms with van der Waals surface area (Å²) < 4.78 is 15.5. The van der Waals surface area contributed by atoms with Gasteiger partial charge in [-0.1, -0.05) is 36.4 Å². The molecule has 0 saturated carbocycles. The van der Waals surface area contributed by atoms with Gasteiger partial charge in [-0.15, -0.1) is 0 Å².